The molecule has 6 heteroatoms. The van der Waals surface area contributed by atoms with Crippen LogP contribution in [0.25, 0.3) is 0 Å². The van der Waals surface area contributed by atoms with Crippen LogP contribution < -0.4 is 5.32 Å². The average molecular weight is 308 g/mol. The minimum atomic E-state index is -4.49. The number of rotatable bonds is 3. The van der Waals surface area contributed by atoms with Crippen molar-refractivity contribution in [2.24, 2.45) is 0 Å². The van der Waals surface area contributed by atoms with E-state index >= 15 is 0 Å². The summed E-state index contributed by atoms with van der Waals surface area (Å²) in [7, 11) is 0. The van der Waals surface area contributed by atoms with Crippen molar-refractivity contribution < 1.29 is 18.0 Å². The van der Waals surface area contributed by atoms with Gasteiger partial charge >= 0.3 is 6.18 Å². The summed E-state index contributed by atoms with van der Waals surface area (Å²) in [6, 6.07) is 5.18. The highest BCUT2D eigenvalue weighted by Crippen LogP contribution is 2.30. The van der Waals surface area contributed by atoms with Crippen molar-refractivity contribution in [2.75, 3.05) is 0 Å². The fraction of sp³-hybridized carbons (Fsp3) is 0.500. The Morgan fingerprint density at radius 1 is 1.25 bits per heavy atom. The Bertz CT molecular complexity index is 492. The quantitative estimate of drug-likeness (QED) is 0.890. The summed E-state index contributed by atoms with van der Waals surface area (Å²) in [6.07, 6.45) is -5.95. The van der Waals surface area contributed by atoms with Crippen LogP contribution in [0.4, 0.5) is 13.2 Å². The third kappa shape index (κ3) is 5.41. The second kappa shape index (κ2) is 6.04. The van der Waals surface area contributed by atoms with Gasteiger partial charge in [0.05, 0.1) is 0 Å². The minimum absolute atomic E-state index is 0.0508. The molecule has 0 saturated heterocycles. The highest BCUT2D eigenvalue weighted by molar-refractivity contribution is 6.31. The van der Waals surface area contributed by atoms with E-state index in [-0.39, 0.29) is 12.0 Å². The summed E-state index contributed by atoms with van der Waals surface area (Å²) in [6.45, 7) is 6.01. The predicted molar refractivity (Wildman–Crippen MR) is 72.7 cm³/mol. The molecule has 0 atom stereocenters. The monoisotopic (exact) mass is 307 g/mol. The number of alkyl halides is 3. The predicted octanol–water partition coefficient (Wildman–Crippen LogP) is 4.21. The molecule has 20 heavy (non-hydrogen) atoms. The Balaban J connectivity index is 2.73. The van der Waals surface area contributed by atoms with E-state index in [0.29, 0.717) is 5.02 Å². The first kappa shape index (κ1) is 16.8. The van der Waals surface area contributed by atoms with Gasteiger partial charge in [-0.2, -0.15) is 13.2 Å². The molecule has 1 rings (SSSR count). The lowest BCUT2D eigenvalue weighted by Crippen LogP contribution is -2.28. The first-order chi connectivity index (χ1) is 8.99. The zero-order valence-electron chi connectivity index (χ0n) is 11.6. The number of nitrogens with one attached hydrogen (secondary N) is 1. The van der Waals surface area contributed by atoms with Gasteiger partial charge in [0.2, 0.25) is 5.91 Å². The van der Waals surface area contributed by atoms with Crippen LogP contribution in [0.1, 0.15) is 38.3 Å². The Hall–Kier alpha value is -1.23. The van der Waals surface area contributed by atoms with E-state index in [1.54, 1.807) is 18.2 Å². The summed E-state index contributed by atoms with van der Waals surface area (Å²) in [5.74, 6) is -1.04. The maximum Gasteiger partial charge on any atom is 0.397 e. The molecule has 0 unspecified atom stereocenters. The molecule has 0 aliphatic heterocycles. The largest absolute Gasteiger partial charge is 0.397 e. The third-order valence-corrected chi connectivity index (χ3v) is 3.02. The van der Waals surface area contributed by atoms with Crippen molar-refractivity contribution in [1.82, 2.24) is 5.32 Å². The van der Waals surface area contributed by atoms with E-state index in [0.717, 1.165) is 11.1 Å². The SMILES string of the molecule is CC(C)(C)c1cc(CNC(=O)CC(F)(F)F)ccc1Cl. The molecule has 0 bridgehead atoms. The Labute approximate surface area is 121 Å². The van der Waals surface area contributed by atoms with Crippen LogP contribution in [0.15, 0.2) is 18.2 Å². The van der Waals surface area contributed by atoms with Gasteiger partial charge in [0, 0.05) is 11.6 Å². The van der Waals surface area contributed by atoms with Crippen LogP contribution in [0.3, 0.4) is 0 Å². The van der Waals surface area contributed by atoms with Gasteiger partial charge in [0.25, 0.3) is 0 Å². The summed E-state index contributed by atoms with van der Waals surface area (Å²) in [4.78, 5) is 11.1. The van der Waals surface area contributed by atoms with E-state index in [2.05, 4.69) is 5.32 Å². The summed E-state index contributed by atoms with van der Waals surface area (Å²) < 4.78 is 36.1. The molecule has 0 spiro atoms. The van der Waals surface area contributed by atoms with Gasteiger partial charge in [0.1, 0.15) is 6.42 Å². The molecule has 0 aliphatic carbocycles. The van der Waals surface area contributed by atoms with Crippen molar-refractivity contribution in [1.29, 1.82) is 0 Å². The van der Waals surface area contributed by atoms with Crippen LogP contribution in [-0.2, 0) is 16.8 Å². The number of hydrogen-bond donors (Lipinski definition) is 1. The van der Waals surface area contributed by atoms with Gasteiger partial charge in [-0.15, -0.1) is 0 Å². The van der Waals surface area contributed by atoms with Crippen molar-refractivity contribution in [2.45, 2.75) is 45.3 Å². The first-order valence-corrected chi connectivity index (χ1v) is 6.49. The van der Waals surface area contributed by atoms with Crippen molar-refractivity contribution >= 4 is 17.5 Å². The molecule has 0 aromatic heterocycles. The maximum atomic E-state index is 12.0. The van der Waals surface area contributed by atoms with Crippen molar-refractivity contribution in [3.8, 4) is 0 Å². The highest BCUT2D eigenvalue weighted by Gasteiger charge is 2.31. The van der Waals surface area contributed by atoms with Gasteiger partial charge in [0.15, 0.2) is 0 Å². The maximum absolute atomic E-state index is 12.0. The highest BCUT2D eigenvalue weighted by atomic mass is 35.5. The Morgan fingerprint density at radius 3 is 2.35 bits per heavy atom. The van der Waals surface area contributed by atoms with Crippen LogP contribution in [0.2, 0.25) is 5.02 Å². The molecule has 0 heterocycles. The lowest BCUT2D eigenvalue weighted by molar-refractivity contribution is -0.153. The fourth-order valence-corrected chi connectivity index (χ4v) is 2.10. The third-order valence-electron chi connectivity index (χ3n) is 2.69. The standard InChI is InChI=1S/C14H17ClF3NO/c1-13(2,3)10-6-9(4-5-11(10)15)8-19-12(20)7-14(16,17)18/h4-6H,7-8H2,1-3H3,(H,19,20). The molecular weight excluding hydrogens is 291 g/mol. The molecule has 0 aliphatic rings. The minimum Gasteiger partial charge on any atom is -0.352 e. The zero-order chi connectivity index (χ0) is 15.6. The Morgan fingerprint density at radius 2 is 1.85 bits per heavy atom. The van der Waals surface area contributed by atoms with Gasteiger partial charge in [-0.05, 0) is 22.6 Å². The summed E-state index contributed by atoms with van der Waals surface area (Å²) in [5.41, 5.74) is 1.43. The molecule has 0 saturated carbocycles. The molecule has 1 N–H and O–H groups in total. The first-order valence-electron chi connectivity index (χ1n) is 6.11. The Kier molecular flexibility index (Phi) is 5.08. The number of benzene rings is 1. The number of hydrogen-bond acceptors (Lipinski definition) is 1. The lowest BCUT2D eigenvalue weighted by Gasteiger charge is -2.21. The molecule has 1 aromatic carbocycles. The van der Waals surface area contributed by atoms with E-state index < -0.39 is 18.5 Å². The van der Waals surface area contributed by atoms with Crippen LogP contribution >= 0.6 is 11.6 Å². The second-order valence-corrected chi connectivity index (χ2v) is 6.04. The summed E-state index contributed by atoms with van der Waals surface area (Å²) >= 11 is 6.09. The average Bonchev–Trinajstić information content (AvgIpc) is 2.24. The van der Waals surface area contributed by atoms with Gasteiger partial charge in [-0.1, -0.05) is 44.5 Å². The van der Waals surface area contributed by atoms with E-state index in [1.165, 1.54) is 0 Å². The van der Waals surface area contributed by atoms with E-state index in [1.807, 2.05) is 20.8 Å². The molecule has 1 aromatic rings. The number of amides is 1. The normalized spacial score (nSPS) is 12.3. The van der Waals surface area contributed by atoms with Gasteiger partial charge in [-0.25, -0.2) is 0 Å². The van der Waals surface area contributed by atoms with Gasteiger partial charge < -0.3 is 5.32 Å². The smallest absolute Gasteiger partial charge is 0.352 e. The topological polar surface area (TPSA) is 29.1 Å². The van der Waals surface area contributed by atoms with Crippen molar-refractivity contribution in [3.63, 3.8) is 0 Å². The number of carbonyl (C=O) groups is 1. The van der Waals surface area contributed by atoms with Crippen molar-refractivity contribution in [3.05, 3.63) is 34.3 Å². The molecular formula is C14H17ClF3NO. The molecule has 112 valence electrons. The molecule has 0 radical (unpaired) electrons. The molecule has 0 fully saturated rings. The van der Waals surface area contributed by atoms with Crippen LogP contribution in [-0.4, -0.2) is 12.1 Å². The lowest BCUT2D eigenvalue weighted by atomic mass is 9.86. The molecule has 1 amide bonds. The zero-order valence-corrected chi connectivity index (χ0v) is 12.3. The van der Waals surface area contributed by atoms with Crippen LogP contribution in [0.5, 0.6) is 0 Å². The number of carbonyl (C=O) groups excluding carboxylic acids is 1. The molecule has 2 nitrogen and oxygen atoms in total. The summed E-state index contributed by atoms with van der Waals surface area (Å²) in [5, 5.41) is 2.85. The second-order valence-electron chi connectivity index (χ2n) is 5.63. The van der Waals surface area contributed by atoms with E-state index in [4.69, 9.17) is 11.6 Å². The van der Waals surface area contributed by atoms with Crippen LogP contribution in [0, 0.1) is 0 Å². The number of halogens is 4. The fourth-order valence-electron chi connectivity index (χ4n) is 1.70. The van der Waals surface area contributed by atoms with E-state index in [9.17, 15) is 18.0 Å². The van der Waals surface area contributed by atoms with Gasteiger partial charge in [-0.3, -0.25) is 4.79 Å².